The molecule has 0 amide bonds. The predicted octanol–water partition coefficient (Wildman–Crippen LogP) is 3.22. The lowest BCUT2D eigenvalue weighted by molar-refractivity contribution is -0.0666. The summed E-state index contributed by atoms with van der Waals surface area (Å²) in [5.74, 6) is 0.330. The number of nitrogens with two attached hydrogens (primary N) is 1. The van der Waals surface area contributed by atoms with Crippen molar-refractivity contribution in [1.29, 1.82) is 0 Å². The molecule has 1 unspecified atom stereocenters. The fourth-order valence-corrected chi connectivity index (χ4v) is 2.61. The molecule has 3 N–H and O–H groups in total. The average molecular weight is 351 g/mol. The molecule has 0 radical (unpaired) electrons. The van der Waals surface area contributed by atoms with Crippen molar-refractivity contribution in [2.45, 2.75) is 19.3 Å². The topological polar surface area (TPSA) is 73.3 Å². The lowest BCUT2D eigenvalue weighted by Crippen LogP contribution is -2.19. The molecule has 5 nitrogen and oxygen atoms in total. The van der Waals surface area contributed by atoms with E-state index in [2.05, 4.69) is 5.10 Å². The second-order valence-electron chi connectivity index (χ2n) is 5.36. The van der Waals surface area contributed by atoms with Crippen LogP contribution >= 0.6 is 0 Å². The normalized spacial score (nSPS) is 12.7. The van der Waals surface area contributed by atoms with Crippen LogP contribution in [0.1, 0.15) is 0 Å². The van der Waals surface area contributed by atoms with Gasteiger partial charge in [0.25, 0.3) is 6.36 Å². The Morgan fingerprint density at radius 2 is 1.92 bits per heavy atom. The highest BCUT2D eigenvalue weighted by atomic mass is 19.3. The molecule has 0 aliphatic rings. The fourth-order valence-electron chi connectivity index (χ4n) is 2.61. The van der Waals surface area contributed by atoms with Gasteiger partial charge in [-0.3, -0.25) is 4.68 Å². The summed E-state index contributed by atoms with van der Waals surface area (Å²) in [6, 6.07) is 11.5. The summed E-state index contributed by atoms with van der Waals surface area (Å²) in [5.41, 5.74) is 7.61. The Labute approximate surface area is 141 Å². The summed E-state index contributed by atoms with van der Waals surface area (Å²) in [4.78, 5) is 0. The van der Waals surface area contributed by atoms with Crippen LogP contribution in [-0.4, -0.2) is 34.3 Å². The van der Waals surface area contributed by atoms with Gasteiger partial charge in [-0.25, -0.2) is 8.78 Å². The zero-order valence-electron chi connectivity index (χ0n) is 13.1. The molecule has 1 heterocycles. The van der Waals surface area contributed by atoms with Gasteiger partial charge in [-0.15, -0.1) is 0 Å². The second kappa shape index (κ2) is 7.02. The molecule has 3 rings (SSSR count). The van der Waals surface area contributed by atoms with Gasteiger partial charge in [-0.1, -0.05) is 24.3 Å². The molecule has 8 heteroatoms. The zero-order chi connectivity index (χ0) is 18.0. The van der Waals surface area contributed by atoms with Crippen LogP contribution in [0.5, 0.6) is 5.75 Å². The Morgan fingerprint density at radius 1 is 1.16 bits per heavy atom. The first kappa shape index (κ1) is 17.1. The van der Waals surface area contributed by atoms with Crippen LogP contribution in [0.15, 0.2) is 42.5 Å². The Bertz CT molecular complexity index is 883. The molecule has 0 aliphatic heterocycles. The number of aromatic nitrogens is 2. The number of benzene rings is 2. The van der Waals surface area contributed by atoms with E-state index in [1.54, 1.807) is 41.1 Å². The lowest BCUT2D eigenvalue weighted by Gasteiger charge is -2.14. The van der Waals surface area contributed by atoms with Gasteiger partial charge in [0.15, 0.2) is 5.82 Å². The van der Waals surface area contributed by atoms with Crippen molar-refractivity contribution in [3.05, 3.63) is 42.5 Å². The van der Waals surface area contributed by atoms with Gasteiger partial charge in [0.2, 0.25) is 0 Å². The molecule has 0 spiro atoms. The number of hydrogen-bond acceptors (Lipinski definition) is 4. The molecule has 0 saturated heterocycles. The van der Waals surface area contributed by atoms with Gasteiger partial charge in [-0.2, -0.15) is 9.49 Å². The molecule has 0 aliphatic carbocycles. The smallest absolute Gasteiger partial charge is 0.304 e. The number of nitrogen functional groups attached to an aromatic ring is 1. The minimum atomic E-state index is -3.23. The molecule has 0 bridgehead atoms. The van der Waals surface area contributed by atoms with E-state index in [0.29, 0.717) is 27.8 Å². The van der Waals surface area contributed by atoms with Gasteiger partial charge in [0.05, 0.1) is 18.7 Å². The molecule has 2 aromatic carbocycles. The molecule has 132 valence electrons. The van der Waals surface area contributed by atoms with Crippen molar-refractivity contribution in [2.24, 2.45) is 0 Å². The van der Waals surface area contributed by atoms with Gasteiger partial charge < -0.3 is 15.6 Å². The van der Waals surface area contributed by atoms with Gasteiger partial charge in [0, 0.05) is 10.9 Å². The van der Waals surface area contributed by atoms with Crippen LogP contribution < -0.4 is 10.5 Å². The number of halogens is 3. The number of aliphatic hydroxyl groups is 1. The van der Waals surface area contributed by atoms with Gasteiger partial charge in [0.1, 0.15) is 5.75 Å². The van der Waals surface area contributed by atoms with Crippen LogP contribution in [-0.2, 0) is 6.54 Å². The first-order chi connectivity index (χ1) is 12.0. The van der Waals surface area contributed by atoms with E-state index in [4.69, 9.17) is 15.6 Å². The maximum absolute atomic E-state index is 13.3. The standard InChI is InChI=1S/C17H16F3N3O2/c18-15(19)16(20)25-14-4-2-1-3-11(14)10-5-6-12-13(9-10)23(7-8-24)22-17(12)21/h1-6,9,15-16,24H,7-8H2,(H2,21,22). The Balaban J connectivity index is 2.06. The van der Waals surface area contributed by atoms with E-state index in [0.717, 1.165) is 0 Å². The van der Waals surface area contributed by atoms with E-state index in [1.807, 2.05) is 0 Å². The Hall–Kier alpha value is -2.74. The number of fused-ring (bicyclic) bond motifs is 1. The highest BCUT2D eigenvalue weighted by Gasteiger charge is 2.22. The van der Waals surface area contributed by atoms with Crippen LogP contribution in [0.3, 0.4) is 0 Å². The number of anilines is 1. The van der Waals surface area contributed by atoms with Gasteiger partial charge in [-0.05, 0) is 23.8 Å². The van der Waals surface area contributed by atoms with Crippen LogP contribution in [0, 0.1) is 0 Å². The monoisotopic (exact) mass is 351 g/mol. The van der Waals surface area contributed by atoms with E-state index in [9.17, 15) is 13.2 Å². The average Bonchev–Trinajstić information content (AvgIpc) is 2.91. The number of alkyl halides is 3. The SMILES string of the molecule is Nc1nn(CCO)c2cc(-c3ccccc3OC(F)C(F)F)ccc12. The first-order valence-corrected chi connectivity index (χ1v) is 7.56. The van der Waals surface area contributed by atoms with Crippen LogP contribution in [0.4, 0.5) is 19.0 Å². The predicted molar refractivity (Wildman–Crippen MR) is 88.2 cm³/mol. The maximum Gasteiger partial charge on any atom is 0.304 e. The third-order valence-corrected chi connectivity index (χ3v) is 3.73. The Kier molecular flexibility index (Phi) is 4.80. The van der Waals surface area contributed by atoms with Crippen LogP contribution in [0.2, 0.25) is 0 Å². The van der Waals surface area contributed by atoms with Crippen molar-refractivity contribution < 1.29 is 23.0 Å². The fraction of sp³-hybridized carbons (Fsp3) is 0.235. The third-order valence-electron chi connectivity index (χ3n) is 3.73. The largest absolute Gasteiger partial charge is 0.454 e. The van der Waals surface area contributed by atoms with E-state index >= 15 is 0 Å². The van der Waals surface area contributed by atoms with Gasteiger partial charge >= 0.3 is 6.43 Å². The number of ether oxygens (including phenoxy) is 1. The molecule has 1 atom stereocenters. The van der Waals surface area contributed by atoms with Crippen molar-refractivity contribution in [3.63, 3.8) is 0 Å². The number of hydrogen-bond donors (Lipinski definition) is 2. The molecule has 3 aromatic rings. The van der Waals surface area contributed by atoms with E-state index in [1.165, 1.54) is 6.07 Å². The van der Waals surface area contributed by atoms with E-state index < -0.39 is 12.8 Å². The van der Waals surface area contributed by atoms with Crippen molar-refractivity contribution in [2.75, 3.05) is 12.3 Å². The van der Waals surface area contributed by atoms with E-state index in [-0.39, 0.29) is 18.9 Å². The molecule has 0 fully saturated rings. The molecular weight excluding hydrogens is 335 g/mol. The molecule has 0 saturated carbocycles. The third kappa shape index (κ3) is 3.39. The highest BCUT2D eigenvalue weighted by Crippen LogP contribution is 2.34. The molecular formula is C17H16F3N3O2. The quantitative estimate of drug-likeness (QED) is 0.715. The zero-order valence-corrected chi connectivity index (χ0v) is 13.1. The summed E-state index contributed by atoms with van der Waals surface area (Å²) in [5, 5.41) is 14.0. The lowest BCUT2D eigenvalue weighted by atomic mass is 10.0. The number of nitrogens with zero attached hydrogens (tertiary/aromatic N) is 2. The van der Waals surface area contributed by atoms with Crippen molar-refractivity contribution in [1.82, 2.24) is 9.78 Å². The second-order valence-corrected chi connectivity index (χ2v) is 5.36. The Morgan fingerprint density at radius 3 is 2.64 bits per heavy atom. The highest BCUT2D eigenvalue weighted by molar-refractivity contribution is 5.92. The number of para-hydroxylation sites is 1. The first-order valence-electron chi connectivity index (χ1n) is 7.56. The summed E-state index contributed by atoms with van der Waals surface area (Å²) in [6.07, 6.45) is -5.94. The number of rotatable bonds is 6. The molecule has 1 aromatic heterocycles. The summed E-state index contributed by atoms with van der Waals surface area (Å²) in [7, 11) is 0. The summed E-state index contributed by atoms with van der Waals surface area (Å²) >= 11 is 0. The minimum absolute atomic E-state index is 0.0100. The summed E-state index contributed by atoms with van der Waals surface area (Å²) in [6.45, 7) is 0.144. The molecule has 25 heavy (non-hydrogen) atoms. The minimum Gasteiger partial charge on any atom is -0.454 e. The summed E-state index contributed by atoms with van der Waals surface area (Å²) < 4.78 is 44.5. The maximum atomic E-state index is 13.3. The number of aliphatic hydroxyl groups excluding tert-OH is 1. The van der Waals surface area contributed by atoms with Crippen LogP contribution in [0.25, 0.3) is 22.0 Å². The van der Waals surface area contributed by atoms with Crippen molar-refractivity contribution >= 4 is 16.7 Å². The van der Waals surface area contributed by atoms with Crippen molar-refractivity contribution in [3.8, 4) is 16.9 Å².